The average molecular weight is 448 g/mol. The molecule has 1 heterocycles. The lowest BCUT2D eigenvalue weighted by Gasteiger charge is -2.21. The van der Waals surface area contributed by atoms with E-state index in [0.717, 1.165) is 19.2 Å². The monoisotopic (exact) mass is 447 g/mol. The lowest BCUT2D eigenvalue weighted by molar-refractivity contribution is -0.159. The fourth-order valence-corrected chi connectivity index (χ4v) is 2.69. The van der Waals surface area contributed by atoms with Gasteiger partial charge in [0.1, 0.15) is 11.6 Å². The van der Waals surface area contributed by atoms with Crippen LogP contribution in [0.25, 0.3) is 11.4 Å². The highest BCUT2D eigenvalue weighted by atomic mass is 35.5. The molecule has 0 saturated carbocycles. The molecule has 0 aliphatic heterocycles. The van der Waals surface area contributed by atoms with Crippen molar-refractivity contribution in [2.24, 2.45) is 0 Å². The normalized spacial score (nSPS) is 11.6. The maximum Gasteiger partial charge on any atom is 0.471 e. The molecule has 0 bridgehead atoms. The number of hydrogen-bond donors (Lipinski definition) is 0. The molecule has 158 valence electrons. The predicted octanol–water partition coefficient (Wildman–Crippen LogP) is 4.89. The van der Waals surface area contributed by atoms with Crippen molar-refractivity contribution in [1.29, 1.82) is 0 Å². The van der Waals surface area contributed by atoms with Gasteiger partial charge in [0.2, 0.25) is 5.82 Å². The van der Waals surface area contributed by atoms with Gasteiger partial charge in [0.15, 0.2) is 0 Å². The highest BCUT2D eigenvalue weighted by Crippen LogP contribution is 2.30. The van der Waals surface area contributed by atoms with E-state index in [2.05, 4.69) is 14.7 Å². The van der Waals surface area contributed by atoms with Crippen molar-refractivity contribution in [3.8, 4) is 11.4 Å². The van der Waals surface area contributed by atoms with Crippen LogP contribution in [-0.2, 0) is 17.6 Å². The Morgan fingerprint density at radius 2 is 1.83 bits per heavy atom. The third kappa shape index (κ3) is 4.41. The summed E-state index contributed by atoms with van der Waals surface area (Å²) in [5.74, 6) is -5.37. The third-order valence-electron chi connectivity index (χ3n) is 3.92. The maximum absolute atomic E-state index is 14.5. The number of nitrogens with zero attached hydrogens (tertiary/aromatic N) is 3. The van der Waals surface area contributed by atoms with Gasteiger partial charge in [-0.05, 0) is 24.3 Å². The van der Waals surface area contributed by atoms with E-state index in [9.17, 15) is 26.7 Å². The van der Waals surface area contributed by atoms with Gasteiger partial charge in [0.25, 0.3) is 5.91 Å². The van der Waals surface area contributed by atoms with Gasteiger partial charge in [-0.1, -0.05) is 28.9 Å². The summed E-state index contributed by atoms with van der Waals surface area (Å²) in [5, 5.41) is 3.86. The number of carbonyl (C=O) groups is 1. The summed E-state index contributed by atoms with van der Waals surface area (Å²) < 4.78 is 70.8. The zero-order valence-electron chi connectivity index (χ0n) is 15.0. The number of carbonyl (C=O) groups excluding carboxylic acids is 1. The Kier molecular flexibility index (Phi) is 6.04. The third-order valence-corrected chi connectivity index (χ3v) is 4.25. The van der Waals surface area contributed by atoms with Gasteiger partial charge in [-0.15, -0.1) is 0 Å². The van der Waals surface area contributed by atoms with E-state index in [0.29, 0.717) is 5.06 Å². The number of halogens is 6. The van der Waals surface area contributed by atoms with Gasteiger partial charge < -0.3 is 4.52 Å². The minimum atomic E-state index is -4.90. The van der Waals surface area contributed by atoms with Crippen molar-refractivity contribution in [2.75, 3.05) is 7.11 Å². The molecule has 0 fully saturated rings. The van der Waals surface area contributed by atoms with E-state index in [1.54, 1.807) is 12.1 Å². The van der Waals surface area contributed by atoms with E-state index in [4.69, 9.17) is 16.4 Å². The Labute approximate surface area is 170 Å². The van der Waals surface area contributed by atoms with Crippen molar-refractivity contribution < 1.29 is 36.1 Å². The number of benzene rings is 2. The van der Waals surface area contributed by atoms with Crippen molar-refractivity contribution in [3.63, 3.8) is 0 Å². The smallest absolute Gasteiger partial charge is 0.329 e. The lowest BCUT2D eigenvalue weighted by atomic mass is 10.1. The molecule has 0 radical (unpaired) electrons. The van der Waals surface area contributed by atoms with Crippen LogP contribution in [0.5, 0.6) is 0 Å². The van der Waals surface area contributed by atoms with Gasteiger partial charge >= 0.3 is 12.1 Å². The standard InChI is InChI=1S/C18H11ClF5N3O3/c1-29-27(16(28)10-4-2-3-5-12(10)19)8-11-13(20)6-9(7-14(11)21)15-25-17(30-26-15)18(22,23)24/h2-7H,8H2,1H3. The van der Waals surface area contributed by atoms with Crippen molar-refractivity contribution in [1.82, 2.24) is 15.2 Å². The van der Waals surface area contributed by atoms with Gasteiger partial charge in [-0.2, -0.15) is 18.2 Å². The van der Waals surface area contributed by atoms with E-state index >= 15 is 0 Å². The molecule has 0 spiro atoms. The molecular formula is C18H11ClF5N3O3. The molecule has 2 aromatic carbocycles. The molecule has 0 unspecified atom stereocenters. The van der Waals surface area contributed by atoms with Crippen LogP contribution in [0.15, 0.2) is 40.9 Å². The molecule has 3 rings (SSSR count). The fourth-order valence-electron chi connectivity index (χ4n) is 2.47. The SMILES string of the molecule is CON(Cc1c(F)cc(-c2noc(C(F)(F)F)n2)cc1F)C(=O)c1ccccc1Cl. The minimum Gasteiger partial charge on any atom is -0.329 e. The molecule has 30 heavy (non-hydrogen) atoms. The van der Waals surface area contributed by atoms with E-state index in [1.807, 2.05) is 0 Å². The second kappa shape index (κ2) is 8.36. The van der Waals surface area contributed by atoms with Crippen LogP contribution in [0.3, 0.4) is 0 Å². The van der Waals surface area contributed by atoms with Crippen LogP contribution in [0.1, 0.15) is 21.8 Å². The number of hydroxylamine groups is 2. The summed E-state index contributed by atoms with van der Waals surface area (Å²) in [5.41, 5.74) is -0.903. The maximum atomic E-state index is 14.5. The molecule has 0 N–H and O–H groups in total. The number of alkyl halides is 3. The first-order valence-electron chi connectivity index (χ1n) is 8.11. The molecule has 0 atom stereocenters. The average Bonchev–Trinajstić information content (AvgIpc) is 3.18. The summed E-state index contributed by atoms with van der Waals surface area (Å²) in [4.78, 5) is 20.5. The number of rotatable bonds is 5. The highest BCUT2D eigenvalue weighted by Gasteiger charge is 2.38. The van der Waals surface area contributed by atoms with Gasteiger partial charge in [0.05, 0.1) is 24.2 Å². The van der Waals surface area contributed by atoms with Crippen LogP contribution < -0.4 is 0 Å². The van der Waals surface area contributed by atoms with Crippen LogP contribution >= 0.6 is 11.6 Å². The zero-order chi connectivity index (χ0) is 22.1. The minimum absolute atomic E-state index is 0.0462. The Bertz CT molecular complexity index is 1060. The van der Waals surface area contributed by atoms with E-state index < -0.39 is 47.5 Å². The van der Waals surface area contributed by atoms with Crippen LogP contribution in [0.4, 0.5) is 22.0 Å². The van der Waals surface area contributed by atoms with Gasteiger partial charge in [0, 0.05) is 11.1 Å². The molecule has 1 amide bonds. The fraction of sp³-hybridized carbons (Fsp3) is 0.167. The topological polar surface area (TPSA) is 68.5 Å². The summed E-state index contributed by atoms with van der Waals surface area (Å²) in [6.45, 7) is -0.640. The largest absolute Gasteiger partial charge is 0.471 e. The molecular weight excluding hydrogens is 437 g/mol. The lowest BCUT2D eigenvalue weighted by Crippen LogP contribution is -2.30. The van der Waals surface area contributed by atoms with Crippen molar-refractivity contribution in [3.05, 3.63) is 70.1 Å². The van der Waals surface area contributed by atoms with Crippen LogP contribution in [-0.4, -0.2) is 28.2 Å². The summed E-state index contributed by atoms with van der Waals surface area (Å²) >= 11 is 5.95. The second-order valence-corrected chi connectivity index (χ2v) is 6.25. The summed E-state index contributed by atoms with van der Waals surface area (Å²) in [6, 6.07) is 7.44. The van der Waals surface area contributed by atoms with Crippen molar-refractivity contribution >= 4 is 17.5 Å². The van der Waals surface area contributed by atoms with Crippen LogP contribution in [0, 0.1) is 11.6 Å². The molecule has 0 aliphatic carbocycles. The Hall–Kier alpha value is -3.05. The van der Waals surface area contributed by atoms with E-state index in [1.165, 1.54) is 12.1 Å². The summed E-state index contributed by atoms with van der Waals surface area (Å²) in [7, 11) is 1.12. The number of aromatic nitrogens is 2. The molecule has 12 heteroatoms. The quantitative estimate of drug-likeness (QED) is 0.411. The Morgan fingerprint density at radius 3 is 2.37 bits per heavy atom. The molecule has 6 nitrogen and oxygen atoms in total. The first kappa shape index (κ1) is 21.7. The number of amides is 1. The number of hydrogen-bond acceptors (Lipinski definition) is 5. The van der Waals surface area contributed by atoms with Gasteiger partial charge in [-0.3, -0.25) is 9.63 Å². The highest BCUT2D eigenvalue weighted by molar-refractivity contribution is 6.33. The van der Waals surface area contributed by atoms with E-state index in [-0.39, 0.29) is 16.1 Å². The van der Waals surface area contributed by atoms with Crippen LogP contribution in [0.2, 0.25) is 5.02 Å². The molecule has 0 aliphatic rings. The first-order valence-corrected chi connectivity index (χ1v) is 8.49. The molecule has 1 aromatic heterocycles. The second-order valence-electron chi connectivity index (χ2n) is 5.84. The van der Waals surface area contributed by atoms with Crippen molar-refractivity contribution in [2.45, 2.75) is 12.7 Å². The zero-order valence-corrected chi connectivity index (χ0v) is 15.8. The molecule has 3 aromatic rings. The predicted molar refractivity (Wildman–Crippen MR) is 93.0 cm³/mol. The Balaban J connectivity index is 1.89. The Morgan fingerprint density at radius 1 is 1.20 bits per heavy atom. The van der Waals surface area contributed by atoms with Gasteiger partial charge in [-0.25, -0.2) is 13.8 Å². The summed E-state index contributed by atoms with van der Waals surface area (Å²) in [6.07, 6.45) is -4.90. The molecule has 0 saturated heterocycles. The first-order chi connectivity index (χ1) is 14.1.